The van der Waals surface area contributed by atoms with Crippen molar-refractivity contribution in [2.24, 2.45) is 5.10 Å². The number of hydrazone groups is 1. The van der Waals surface area contributed by atoms with Crippen LogP contribution in [0.25, 0.3) is 0 Å². The lowest BCUT2D eigenvalue weighted by Gasteiger charge is -2.18. The Labute approximate surface area is 130 Å². The number of amides is 1. The number of hydrogen-bond acceptors (Lipinski definition) is 5. The van der Waals surface area contributed by atoms with Crippen molar-refractivity contribution in [3.05, 3.63) is 36.4 Å². The van der Waals surface area contributed by atoms with Gasteiger partial charge in [-0.25, -0.2) is 10.2 Å². The molecule has 0 radical (unpaired) electrons. The van der Waals surface area contributed by atoms with E-state index in [9.17, 15) is 4.79 Å². The molecule has 1 aromatic rings. The number of carbonyl (C=O) groups is 1. The monoisotopic (exact) mass is 306 g/mol. The number of nitrogens with zero attached hydrogens (tertiary/aromatic N) is 1. The maximum atomic E-state index is 11.4. The predicted octanol–water partition coefficient (Wildman–Crippen LogP) is 3.12. The molecule has 0 heterocycles. The quantitative estimate of drug-likeness (QED) is 0.498. The summed E-state index contributed by atoms with van der Waals surface area (Å²) in [5, 5.41) is 3.83. The summed E-state index contributed by atoms with van der Waals surface area (Å²) >= 11 is 0. The maximum absolute atomic E-state index is 11.4. The van der Waals surface area contributed by atoms with Crippen LogP contribution in [-0.4, -0.2) is 31.6 Å². The van der Waals surface area contributed by atoms with Crippen LogP contribution in [0.4, 0.5) is 4.79 Å². The van der Waals surface area contributed by atoms with Gasteiger partial charge in [0.2, 0.25) is 0 Å². The standard InChI is InChI=1S/C16H22N2O4/c1-6-9-21-13-8-7-12(10-14(13)20-5)11-17-18-15(19)22-16(2,3)4/h6-8,10-11H,1,9H2,2-5H3,(H,18,19)/b17-11-. The number of methoxy groups -OCH3 is 1. The average Bonchev–Trinajstić information content (AvgIpc) is 2.43. The van der Waals surface area contributed by atoms with Gasteiger partial charge in [0, 0.05) is 0 Å². The first-order valence-electron chi connectivity index (χ1n) is 6.79. The largest absolute Gasteiger partial charge is 0.493 e. The summed E-state index contributed by atoms with van der Waals surface area (Å²) in [7, 11) is 1.55. The van der Waals surface area contributed by atoms with Crippen molar-refractivity contribution in [2.45, 2.75) is 26.4 Å². The normalized spacial score (nSPS) is 11.1. The fourth-order valence-corrected chi connectivity index (χ4v) is 1.49. The van der Waals surface area contributed by atoms with E-state index in [1.165, 1.54) is 6.21 Å². The van der Waals surface area contributed by atoms with Gasteiger partial charge in [0.1, 0.15) is 12.2 Å². The molecule has 1 aromatic carbocycles. The molecule has 0 spiro atoms. The van der Waals surface area contributed by atoms with E-state index in [1.807, 2.05) is 0 Å². The van der Waals surface area contributed by atoms with E-state index in [0.717, 1.165) is 5.56 Å². The van der Waals surface area contributed by atoms with Crippen LogP contribution in [0.5, 0.6) is 11.5 Å². The molecule has 1 amide bonds. The number of carbonyl (C=O) groups excluding carboxylic acids is 1. The van der Waals surface area contributed by atoms with Crippen LogP contribution in [0.3, 0.4) is 0 Å². The van der Waals surface area contributed by atoms with Gasteiger partial charge in [-0.2, -0.15) is 5.10 Å². The highest BCUT2D eigenvalue weighted by Crippen LogP contribution is 2.27. The molecule has 0 unspecified atom stereocenters. The molecular weight excluding hydrogens is 284 g/mol. The summed E-state index contributed by atoms with van der Waals surface area (Å²) in [4.78, 5) is 11.4. The van der Waals surface area contributed by atoms with Crippen molar-refractivity contribution >= 4 is 12.3 Å². The third-order valence-corrected chi connectivity index (χ3v) is 2.31. The average molecular weight is 306 g/mol. The fraction of sp³-hybridized carbons (Fsp3) is 0.375. The van der Waals surface area contributed by atoms with Gasteiger partial charge in [-0.3, -0.25) is 0 Å². The smallest absolute Gasteiger partial charge is 0.428 e. The first-order valence-corrected chi connectivity index (χ1v) is 6.79. The summed E-state index contributed by atoms with van der Waals surface area (Å²) in [5.74, 6) is 1.18. The van der Waals surface area contributed by atoms with Crippen LogP contribution >= 0.6 is 0 Å². The summed E-state index contributed by atoms with van der Waals surface area (Å²) < 4.78 is 15.8. The fourth-order valence-electron chi connectivity index (χ4n) is 1.49. The van der Waals surface area contributed by atoms with Crippen molar-refractivity contribution in [3.8, 4) is 11.5 Å². The summed E-state index contributed by atoms with van der Waals surface area (Å²) in [6.45, 7) is 9.33. The molecule has 1 N–H and O–H groups in total. The second-order valence-electron chi connectivity index (χ2n) is 5.38. The van der Waals surface area contributed by atoms with Crippen molar-refractivity contribution in [2.75, 3.05) is 13.7 Å². The summed E-state index contributed by atoms with van der Waals surface area (Å²) in [5.41, 5.74) is 2.48. The van der Waals surface area contributed by atoms with E-state index in [2.05, 4.69) is 17.1 Å². The van der Waals surface area contributed by atoms with Crippen LogP contribution in [0, 0.1) is 0 Å². The molecule has 1 rings (SSSR count). The molecular formula is C16H22N2O4. The van der Waals surface area contributed by atoms with E-state index in [1.54, 1.807) is 52.2 Å². The van der Waals surface area contributed by atoms with Crippen LogP contribution in [0.15, 0.2) is 36.0 Å². The Morgan fingerprint density at radius 3 is 2.68 bits per heavy atom. The molecule has 0 atom stereocenters. The van der Waals surface area contributed by atoms with Crippen LogP contribution in [0.1, 0.15) is 26.3 Å². The molecule has 0 saturated heterocycles. The van der Waals surface area contributed by atoms with Crippen molar-refractivity contribution < 1.29 is 19.0 Å². The van der Waals surface area contributed by atoms with Gasteiger partial charge in [0.15, 0.2) is 11.5 Å². The molecule has 120 valence electrons. The Morgan fingerprint density at radius 1 is 1.36 bits per heavy atom. The third kappa shape index (κ3) is 6.30. The first kappa shape index (κ1) is 17.6. The molecule has 0 aliphatic heterocycles. The molecule has 0 aliphatic rings. The second kappa shape index (κ2) is 8.07. The van der Waals surface area contributed by atoms with Crippen molar-refractivity contribution in [1.29, 1.82) is 0 Å². The van der Waals surface area contributed by atoms with Gasteiger partial charge < -0.3 is 14.2 Å². The predicted molar refractivity (Wildman–Crippen MR) is 85.6 cm³/mol. The van der Waals surface area contributed by atoms with Gasteiger partial charge in [0.05, 0.1) is 13.3 Å². The number of hydrogen-bond donors (Lipinski definition) is 1. The van der Waals surface area contributed by atoms with Crippen LogP contribution in [0.2, 0.25) is 0 Å². The number of nitrogens with one attached hydrogen (secondary N) is 1. The van der Waals surface area contributed by atoms with Crippen molar-refractivity contribution in [3.63, 3.8) is 0 Å². The molecule has 0 saturated carbocycles. The zero-order chi connectivity index (χ0) is 16.6. The van der Waals surface area contributed by atoms with Gasteiger partial charge in [-0.15, -0.1) is 0 Å². The zero-order valence-corrected chi connectivity index (χ0v) is 13.4. The van der Waals surface area contributed by atoms with Gasteiger partial charge >= 0.3 is 6.09 Å². The Balaban J connectivity index is 2.67. The minimum absolute atomic E-state index is 0.393. The first-order chi connectivity index (χ1) is 10.4. The second-order valence-corrected chi connectivity index (χ2v) is 5.38. The zero-order valence-electron chi connectivity index (χ0n) is 13.4. The SMILES string of the molecule is C=CCOc1ccc(/C=N\NC(=O)OC(C)(C)C)cc1OC. The van der Waals surface area contributed by atoms with Crippen molar-refractivity contribution in [1.82, 2.24) is 5.43 Å². The molecule has 22 heavy (non-hydrogen) atoms. The van der Waals surface area contributed by atoms with E-state index >= 15 is 0 Å². The Kier molecular flexibility index (Phi) is 6.44. The van der Waals surface area contributed by atoms with E-state index in [4.69, 9.17) is 14.2 Å². The Morgan fingerprint density at radius 2 is 2.09 bits per heavy atom. The van der Waals surface area contributed by atoms with E-state index < -0.39 is 11.7 Å². The Bertz CT molecular complexity index is 548. The molecule has 0 aromatic heterocycles. The lowest BCUT2D eigenvalue weighted by atomic mass is 10.2. The lowest BCUT2D eigenvalue weighted by Crippen LogP contribution is -2.29. The van der Waals surface area contributed by atoms with Crippen LogP contribution < -0.4 is 14.9 Å². The number of ether oxygens (including phenoxy) is 3. The molecule has 0 bridgehead atoms. The van der Waals surface area contributed by atoms with E-state index in [-0.39, 0.29) is 0 Å². The minimum Gasteiger partial charge on any atom is -0.493 e. The molecule has 6 heteroatoms. The van der Waals surface area contributed by atoms with E-state index in [0.29, 0.717) is 18.1 Å². The van der Waals surface area contributed by atoms with Gasteiger partial charge in [-0.05, 0) is 44.5 Å². The number of benzene rings is 1. The molecule has 6 nitrogen and oxygen atoms in total. The minimum atomic E-state index is -0.610. The van der Waals surface area contributed by atoms with Gasteiger partial charge in [0.25, 0.3) is 0 Å². The third-order valence-electron chi connectivity index (χ3n) is 2.31. The summed E-state index contributed by atoms with van der Waals surface area (Å²) in [6.07, 6.45) is 2.53. The molecule has 0 aliphatic carbocycles. The maximum Gasteiger partial charge on any atom is 0.428 e. The highest BCUT2D eigenvalue weighted by Gasteiger charge is 2.15. The van der Waals surface area contributed by atoms with Gasteiger partial charge in [-0.1, -0.05) is 12.7 Å². The highest BCUT2D eigenvalue weighted by molar-refractivity contribution is 5.82. The number of rotatable bonds is 6. The highest BCUT2D eigenvalue weighted by atomic mass is 16.6. The molecule has 0 fully saturated rings. The Hall–Kier alpha value is -2.50. The van der Waals surface area contributed by atoms with Crippen LogP contribution in [-0.2, 0) is 4.74 Å². The topological polar surface area (TPSA) is 69.2 Å². The lowest BCUT2D eigenvalue weighted by molar-refractivity contribution is 0.0529. The summed E-state index contributed by atoms with van der Waals surface area (Å²) in [6, 6.07) is 5.30.